The standard InChI is InChI=1S/C21H25FN6O2/c22-13-6-8-15(9-7-13)24-21-25-17-18(28(21)16-10-11-30-12-16)26-20(27-19(17)29)23-14-4-2-1-3-5-14/h6-9,14,16H,1-5,10-12H2,(H,24,25)(H2,23,26,27,29). The van der Waals surface area contributed by atoms with Crippen LogP contribution in [0.25, 0.3) is 11.2 Å². The van der Waals surface area contributed by atoms with Gasteiger partial charge in [-0.25, -0.2) is 9.37 Å². The molecule has 30 heavy (non-hydrogen) atoms. The van der Waals surface area contributed by atoms with Gasteiger partial charge >= 0.3 is 0 Å². The van der Waals surface area contributed by atoms with E-state index in [9.17, 15) is 9.18 Å². The predicted octanol–water partition coefficient (Wildman–Crippen LogP) is 3.71. The predicted molar refractivity (Wildman–Crippen MR) is 113 cm³/mol. The summed E-state index contributed by atoms with van der Waals surface area (Å²) < 4.78 is 20.8. The van der Waals surface area contributed by atoms with Gasteiger partial charge in [-0.3, -0.25) is 14.3 Å². The largest absolute Gasteiger partial charge is 0.379 e. The first kappa shape index (κ1) is 19.0. The van der Waals surface area contributed by atoms with E-state index in [1.165, 1.54) is 31.4 Å². The summed E-state index contributed by atoms with van der Waals surface area (Å²) in [5.74, 6) is 0.669. The molecule has 5 rings (SSSR count). The van der Waals surface area contributed by atoms with E-state index < -0.39 is 0 Å². The van der Waals surface area contributed by atoms with Gasteiger partial charge in [-0.05, 0) is 43.5 Å². The van der Waals surface area contributed by atoms with Crippen LogP contribution in [0, 0.1) is 5.82 Å². The summed E-state index contributed by atoms with van der Waals surface area (Å²) in [5.41, 5.74) is 1.21. The minimum atomic E-state index is -0.310. The van der Waals surface area contributed by atoms with Crippen LogP contribution >= 0.6 is 0 Å². The molecular formula is C21H25FN6O2. The molecule has 2 aromatic heterocycles. The minimum absolute atomic E-state index is 0.0229. The molecule has 3 aromatic rings. The molecular weight excluding hydrogens is 387 g/mol. The lowest BCUT2D eigenvalue weighted by molar-refractivity contribution is 0.187. The number of benzene rings is 1. The van der Waals surface area contributed by atoms with E-state index >= 15 is 0 Å². The molecule has 2 aliphatic rings. The number of nitrogens with zero attached hydrogens (tertiary/aromatic N) is 3. The molecule has 1 unspecified atom stereocenters. The van der Waals surface area contributed by atoms with Gasteiger partial charge in [-0.1, -0.05) is 19.3 Å². The Hall–Kier alpha value is -2.94. The first-order valence-corrected chi connectivity index (χ1v) is 10.6. The van der Waals surface area contributed by atoms with Gasteiger partial charge < -0.3 is 15.4 Å². The summed E-state index contributed by atoms with van der Waals surface area (Å²) in [6.45, 7) is 1.18. The number of halogens is 1. The monoisotopic (exact) mass is 412 g/mol. The van der Waals surface area contributed by atoms with Crippen molar-refractivity contribution in [2.45, 2.75) is 50.6 Å². The molecule has 0 amide bonds. The second-order valence-electron chi connectivity index (χ2n) is 8.02. The fourth-order valence-electron chi connectivity index (χ4n) is 4.31. The molecule has 9 heteroatoms. The van der Waals surface area contributed by atoms with Gasteiger partial charge in [0, 0.05) is 18.3 Å². The highest BCUT2D eigenvalue weighted by molar-refractivity contribution is 5.76. The van der Waals surface area contributed by atoms with Crippen molar-refractivity contribution in [2.24, 2.45) is 0 Å². The maximum Gasteiger partial charge on any atom is 0.280 e. The van der Waals surface area contributed by atoms with E-state index in [0.717, 1.165) is 19.3 Å². The van der Waals surface area contributed by atoms with Gasteiger partial charge in [0.25, 0.3) is 5.56 Å². The summed E-state index contributed by atoms with van der Waals surface area (Å²) in [4.78, 5) is 24.9. The third-order valence-electron chi connectivity index (χ3n) is 5.87. The number of hydrogen-bond acceptors (Lipinski definition) is 6. The number of H-pyrrole nitrogens is 1. The number of nitrogens with one attached hydrogen (secondary N) is 3. The molecule has 1 aromatic carbocycles. The smallest absolute Gasteiger partial charge is 0.280 e. The Morgan fingerprint density at radius 2 is 1.90 bits per heavy atom. The van der Waals surface area contributed by atoms with Crippen molar-refractivity contribution in [2.75, 3.05) is 23.8 Å². The molecule has 2 fully saturated rings. The molecule has 158 valence electrons. The van der Waals surface area contributed by atoms with Gasteiger partial charge in [-0.2, -0.15) is 4.98 Å². The number of rotatable bonds is 5. The van der Waals surface area contributed by atoms with Crippen LogP contribution in [0.15, 0.2) is 29.1 Å². The average molecular weight is 412 g/mol. The van der Waals surface area contributed by atoms with Gasteiger partial charge in [0.1, 0.15) is 5.82 Å². The molecule has 0 spiro atoms. The third kappa shape index (κ3) is 3.77. The Morgan fingerprint density at radius 3 is 2.63 bits per heavy atom. The second-order valence-corrected chi connectivity index (χ2v) is 8.02. The van der Waals surface area contributed by atoms with Crippen LogP contribution in [0.5, 0.6) is 0 Å². The van der Waals surface area contributed by atoms with Crippen LogP contribution in [-0.4, -0.2) is 38.8 Å². The summed E-state index contributed by atoms with van der Waals surface area (Å²) >= 11 is 0. The van der Waals surface area contributed by atoms with Crippen molar-refractivity contribution in [3.63, 3.8) is 0 Å². The van der Waals surface area contributed by atoms with Gasteiger partial charge in [0.15, 0.2) is 11.2 Å². The number of imidazole rings is 1. The van der Waals surface area contributed by atoms with Crippen molar-refractivity contribution >= 4 is 28.7 Å². The van der Waals surface area contributed by atoms with E-state index in [1.807, 2.05) is 4.57 Å². The van der Waals surface area contributed by atoms with Crippen molar-refractivity contribution in [1.82, 2.24) is 19.5 Å². The normalized spacial score (nSPS) is 20.0. The Labute approximate surface area is 172 Å². The summed E-state index contributed by atoms with van der Waals surface area (Å²) in [7, 11) is 0. The zero-order valence-corrected chi connectivity index (χ0v) is 16.7. The number of aromatic nitrogens is 4. The zero-order valence-electron chi connectivity index (χ0n) is 16.7. The molecule has 1 aliphatic heterocycles. The van der Waals surface area contributed by atoms with Crippen molar-refractivity contribution in [3.8, 4) is 0 Å². The third-order valence-corrected chi connectivity index (χ3v) is 5.87. The highest BCUT2D eigenvalue weighted by atomic mass is 19.1. The highest BCUT2D eigenvalue weighted by Crippen LogP contribution is 2.30. The van der Waals surface area contributed by atoms with E-state index in [0.29, 0.717) is 42.5 Å². The molecule has 1 saturated heterocycles. The van der Waals surface area contributed by atoms with E-state index in [2.05, 4.69) is 20.6 Å². The topological polar surface area (TPSA) is 96.9 Å². The Kier molecular flexibility index (Phi) is 5.12. The molecule has 3 heterocycles. The van der Waals surface area contributed by atoms with Gasteiger partial charge in [0.05, 0.1) is 12.6 Å². The van der Waals surface area contributed by atoms with Crippen LogP contribution in [-0.2, 0) is 4.74 Å². The van der Waals surface area contributed by atoms with Crippen LogP contribution < -0.4 is 16.2 Å². The second kappa shape index (κ2) is 8.06. The maximum absolute atomic E-state index is 13.3. The first-order valence-electron chi connectivity index (χ1n) is 10.6. The Morgan fingerprint density at radius 1 is 1.10 bits per heavy atom. The van der Waals surface area contributed by atoms with Crippen LogP contribution in [0.2, 0.25) is 0 Å². The van der Waals surface area contributed by atoms with Gasteiger partial charge in [0.2, 0.25) is 11.9 Å². The van der Waals surface area contributed by atoms with Crippen LogP contribution in [0.1, 0.15) is 44.6 Å². The van der Waals surface area contributed by atoms with Crippen LogP contribution in [0.3, 0.4) is 0 Å². The quantitative estimate of drug-likeness (QED) is 0.591. The molecule has 1 saturated carbocycles. The lowest BCUT2D eigenvalue weighted by atomic mass is 9.96. The molecule has 1 aliphatic carbocycles. The van der Waals surface area contributed by atoms with Crippen molar-refractivity contribution in [3.05, 3.63) is 40.4 Å². The highest BCUT2D eigenvalue weighted by Gasteiger charge is 2.26. The zero-order chi connectivity index (χ0) is 20.5. The lowest BCUT2D eigenvalue weighted by Crippen LogP contribution is -2.25. The Balaban J connectivity index is 1.55. The first-order chi connectivity index (χ1) is 14.7. The molecule has 3 N–H and O–H groups in total. The number of ether oxygens (including phenoxy) is 1. The summed E-state index contributed by atoms with van der Waals surface area (Å²) in [6.07, 6.45) is 6.60. The Bertz CT molecular complexity index is 1080. The molecule has 8 nitrogen and oxygen atoms in total. The lowest BCUT2D eigenvalue weighted by Gasteiger charge is -2.23. The average Bonchev–Trinajstić information content (AvgIpc) is 3.38. The fraction of sp³-hybridized carbons (Fsp3) is 0.476. The molecule has 0 bridgehead atoms. The molecule has 1 atom stereocenters. The summed E-state index contributed by atoms with van der Waals surface area (Å²) in [6, 6.07) is 6.38. The number of fused-ring (bicyclic) bond motifs is 1. The SMILES string of the molecule is O=c1[nH]c(NC2CCCCC2)nc2c1nc(Nc1ccc(F)cc1)n2C1CCOC1. The molecule has 0 radical (unpaired) electrons. The van der Waals surface area contributed by atoms with Crippen molar-refractivity contribution in [1.29, 1.82) is 0 Å². The van der Waals surface area contributed by atoms with E-state index in [4.69, 9.17) is 9.72 Å². The number of hydrogen-bond donors (Lipinski definition) is 3. The number of aromatic amines is 1. The van der Waals surface area contributed by atoms with Crippen LogP contribution in [0.4, 0.5) is 22.0 Å². The maximum atomic E-state index is 13.3. The van der Waals surface area contributed by atoms with E-state index in [-0.39, 0.29) is 22.9 Å². The van der Waals surface area contributed by atoms with E-state index in [1.54, 1.807) is 12.1 Å². The minimum Gasteiger partial charge on any atom is -0.379 e. The van der Waals surface area contributed by atoms with Gasteiger partial charge in [-0.15, -0.1) is 0 Å². The number of anilines is 3. The fourth-order valence-corrected chi connectivity index (χ4v) is 4.31. The van der Waals surface area contributed by atoms with Crippen molar-refractivity contribution < 1.29 is 9.13 Å². The summed E-state index contributed by atoms with van der Waals surface area (Å²) in [5, 5.41) is 6.61.